The maximum absolute atomic E-state index is 12.1. The van der Waals surface area contributed by atoms with Crippen LogP contribution in [0.4, 0.5) is 0 Å². The molecule has 138 valence electrons. The van der Waals surface area contributed by atoms with Gasteiger partial charge in [-0.3, -0.25) is 4.55 Å². The van der Waals surface area contributed by atoms with Gasteiger partial charge in [-0.05, 0) is 73.1 Å². The van der Waals surface area contributed by atoms with Crippen molar-refractivity contribution in [3.63, 3.8) is 0 Å². The summed E-state index contributed by atoms with van der Waals surface area (Å²) in [5.74, 6) is 0.344. The minimum atomic E-state index is -4.28. The monoisotopic (exact) mass is 364 g/mol. The van der Waals surface area contributed by atoms with Crippen LogP contribution < -0.4 is 0 Å². The van der Waals surface area contributed by atoms with Gasteiger partial charge in [-0.25, -0.2) is 0 Å². The standard InChI is InChI=1S/C20H28O4S/c1-2-15-6-11-19(25(22,23)24)18(14-15)20(12-4-3-5-13-20)16-7-9-17(21)10-8-16/h2,6,11,14,16-17,21H,1,3-5,7-10,12-13H2,(H,22,23,24). The molecule has 2 fully saturated rings. The molecule has 1 aromatic carbocycles. The first-order valence-electron chi connectivity index (χ1n) is 9.29. The number of aliphatic hydroxyl groups excluding tert-OH is 1. The minimum Gasteiger partial charge on any atom is -0.393 e. The first-order chi connectivity index (χ1) is 11.9. The fourth-order valence-corrected chi connectivity index (χ4v) is 5.78. The smallest absolute Gasteiger partial charge is 0.294 e. The molecule has 0 atom stereocenters. The molecular weight excluding hydrogens is 336 g/mol. The zero-order chi connectivity index (χ0) is 18.1. The summed E-state index contributed by atoms with van der Waals surface area (Å²) in [7, 11) is -4.28. The van der Waals surface area contributed by atoms with Crippen LogP contribution in [-0.4, -0.2) is 24.2 Å². The molecule has 0 aromatic heterocycles. The Morgan fingerprint density at radius 3 is 2.28 bits per heavy atom. The predicted octanol–water partition coefficient (Wildman–Crippen LogP) is 4.33. The minimum absolute atomic E-state index is 0.0473. The molecule has 25 heavy (non-hydrogen) atoms. The Bertz CT molecular complexity index is 724. The molecule has 0 bridgehead atoms. The molecule has 0 unspecified atom stereocenters. The molecule has 0 amide bonds. The van der Waals surface area contributed by atoms with Gasteiger partial charge >= 0.3 is 0 Å². The Hall–Kier alpha value is -1.17. The highest BCUT2D eigenvalue weighted by atomic mass is 32.2. The fourth-order valence-electron chi connectivity index (χ4n) is 5.00. The Morgan fingerprint density at radius 1 is 1.08 bits per heavy atom. The van der Waals surface area contributed by atoms with E-state index in [2.05, 4.69) is 6.58 Å². The molecule has 0 aliphatic heterocycles. The van der Waals surface area contributed by atoms with E-state index >= 15 is 0 Å². The van der Waals surface area contributed by atoms with Gasteiger partial charge in [-0.1, -0.05) is 38.0 Å². The second-order valence-corrected chi connectivity index (χ2v) is 9.05. The van der Waals surface area contributed by atoms with Crippen LogP contribution in [0.1, 0.15) is 68.9 Å². The van der Waals surface area contributed by atoms with Crippen LogP contribution in [0.2, 0.25) is 0 Å². The summed E-state index contributed by atoms with van der Waals surface area (Å²) in [6.45, 7) is 3.81. The van der Waals surface area contributed by atoms with Gasteiger partial charge in [0.1, 0.15) is 0 Å². The van der Waals surface area contributed by atoms with Gasteiger partial charge in [0.15, 0.2) is 0 Å². The molecule has 2 aliphatic rings. The summed E-state index contributed by atoms with van der Waals surface area (Å²) in [5.41, 5.74) is 1.40. The zero-order valence-electron chi connectivity index (χ0n) is 14.7. The van der Waals surface area contributed by atoms with Crippen molar-refractivity contribution in [2.45, 2.75) is 74.2 Å². The first kappa shape index (κ1) is 18.6. The van der Waals surface area contributed by atoms with E-state index in [1.165, 1.54) is 12.5 Å². The third-order valence-electron chi connectivity index (χ3n) is 6.28. The second-order valence-electron chi connectivity index (χ2n) is 7.66. The predicted molar refractivity (Wildman–Crippen MR) is 99.1 cm³/mol. The summed E-state index contributed by atoms with van der Waals surface area (Å²) in [5, 5.41) is 9.90. The molecular formula is C20H28O4S. The maximum Gasteiger partial charge on any atom is 0.294 e. The molecule has 0 heterocycles. The number of hydrogen-bond acceptors (Lipinski definition) is 3. The summed E-state index contributed by atoms with van der Waals surface area (Å²) in [4.78, 5) is 0.0473. The van der Waals surface area contributed by atoms with Crippen molar-refractivity contribution in [1.82, 2.24) is 0 Å². The Morgan fingerprint density at radius 2 is 1.72 bits per heavy atom. The molecule has 0 spiro atoms. The highest BCUT2D eigenvalue weighted by Crippen LogP contribution is 2.51. The Balaban J connectivity index is 2.14. The van der Waals surface area contributed by atoms with Crippen molar-refractivity contribution in [2.75, 3.05) is 0 Å². The highest BCUT2D eigenvalue weighted by Gasteiger charge is 2.44. The summed E-state index contributed by atoms with van der Waals surface area (Å²) < 4.78 is 34.0. The van der Waals surface area contributed by atoms with Crippen molar-refractivity contribution >= 4 is 16.2 Å². The van der Waals surface area contributed by atoms with Gasteiger partial charge in [-0.15, -0.1) is 0 Å². The number of aliphatic hydroxyl groups is 1. The van der Waals surface area contributed by atoms with Gasteiger partial charge < -0.3 is 5.11 Å². The topological polar surface area (TPSA) is 74.6 Å². The summed E-state index contributed by atoms with van der Waals surface area (Å²) in [6, 6.07) is 5.13. The molecule has 0 radical (unpaired) electrons. The largest absolute Gasteiger partial charge is 0.393 e. The van der Waals surface area contributed by atoms with Crippen LogP contribution in [0.15, 0.2) is 29.7 Å². The number of rotatable bonds is 4. The van der Waals surface area contributed by atoms with Gasteiger partial charge in [0, 0.05) is 0 Å². The third-order valence-corrected chi connectivity index (χ3v) is 7.19. The highest BCUT2D eigenvalue weighted by molar-refractivity contribution is 7.85. The number of hydrogen-bond donors (Lipinski definition) is 2. The molecule has 2 saturated carbocycles. The second kappa shape index (κ2) is 7.22. The average Bonchev–Trinajstić information content (AvgIpc) is 2.61. The van der Waals surface area contributed by atoms with Crippen LogP contribution in [-0.2, 0) is 15.5 Å². The van der Waals surface area contributed by atoms with E-state index in [9.17, 15) is 18.1 Å². The van der Waals surface area contributed by atoms with E-state index in [0.717, 1.165) is 62.5 Å². The lowest BCUT2D eigenvalue weighted by atomic mass is 9.58. The lowest BCUT2D eigenvalue weighted by Gasteiger charge is -2.47. The van der Waals surface area contributed by atoms with Crippen LogP contribution in [0.25, 0.3) is 6.08 Å². The van der Waals surface area contributed by atoms with Gasteiger partial charge in [0.05, 0.1) is 11.0 Å². The normalized spacial score (nSPS) is 27.0. The third kappa shape index (κ3) is 3.69. The van der Waals surface area contributed by atoms with Crippen molar-refractivity contribution < 1.29 is 18.1 Å². The number of benzene rings is 1. The lowest BCUT2D eigenvalue weighted by Crippen LogP contribution is -2.41. The molecule has 3 rings (SSSR count). The summed E-state index contributed by atoms with van der Waals surface area (Å²) in [6.07, 6.45) is 10.0. The molecule has 0 saturated heterocycles. The van der Waals surface area contributed by atoms with Crippen molar-refractivity contribution in [1.29, 1.82) is 0 Å². The van der Waals surface area contributed by atoms with Crippen molar-refractivity contribution in [2.24, 2.45) is 5.92 Å². The average molecular weight is 365 g/mol. The molecule has 2 N–H and O–H groups in total. The van der Waals surface area contributed by atoms with Gasteiger partial charge in [0.25, 0.3) is 10.1 Å². The fraction of sp³-hybridized carbons (Fsp3) is 0.600. The Labute approximate surface area is 150 Å². The maximum atomic E-state index is 12.1. The van der Waals surface area contributed by atoms with Crippen LogP contribution in [0, 0.1) is 5.92 Å². The molecule has 5 heteroatoms. The molecule has 4 nitrogen and oxygen atoms in total. The van der Waals surface area contributed by atoms with Crippen LogP contribution in [0.3, 0.4) is 0 Å². The first-order valence-corrected chi connectivity index (χ1v) is 10.7. The van der Waals surface area contributed by atoms with E-state index in [1.807, 2.05) is 6.07 Å². The van der Waals surface area contributed by atoms with E-state index < -0.39 is 10.1 Å². The van der Waals surface area contributed by atoms with Crippen molar-refractivity contribution in [3.05, 3.63) is 35.9 Å². The zero-order valence-corrected chi connectivity index (χ0v) is 15.5. The van der Waals surface area contributed by atoms with E-state index in [-0.39, 0.29) is 16.4 Å². The molecule has 1 aromatic rings. The van der Waals surface area contributed by atoms with E-state index in [4.69, 9.17) is 0 Å². The SMILES string of the molecule is C=Cc1ccc(S(=O)(=O)O)c(C2(C3CCC(O)CC3)CCCCC2)c1. The van der Waals surface area contributed by atoms with Crippen molar-refractivity contribution in [3.8, 4) is 0 Å². The quantitative estimate of drug-likeness (QED) is 0.780. The Kier molecular flexibility index (Phi) is 5.37. The van der Waals surface area contributed by atoms with Gasteiger partial charge in [0.2, 0.25) is 0 Å². The summed E-state index contributed by atoms with van der Waals surface area (Å²) >= 11 is 0. The van der Waals surface area contributed by atoms with Crippen LogP contribution in [0.5, 0.6) is 0 Å². The van der Waals surface area contributed by atoms with Gasteiger partial charge in [-0.2, -0.15) is 8.42 Å². The molecule has 2 aliphatic carbocycles. The van der Waals surface area contributed by atoms with Crippen LogP contribution >= 0.6 is 0 Å². The van der Waals surface area contributed by atoms with E-state index in [1.54, 1.807) is 12.1 Å². The lowest BCUT2D eigenvalue weighted by molar-refractivity contribution is 0.0655. The van der Waals surface area contributed by atoms with E-state index in [0.29, 0.717) is 5.92 Å².